The molecule has 0 aliphatic heterocycles. The predicted octanol–water partition coefficient (Wildman–Crippen LogP) is 1.22. The molecule has 0 saturated heterocycles. The molecule has 6 fully saturated rings. The van der Waals surface area contributed by atoms with Crippen molar-refractivity contribution in [3.05, 3.63) is 23.3 Å². The number of carbonyl (C=O) groups is 4. The molecule has 6 saturated carbocycles. The van der Waals surface area contributed by atoms with Crippen molar-refractivity contribution in [2.45, 2.75) is 141 Å². The first-order valence-corrected chi connectivity index (χ1v) is 21.5. The molecule has 55 heavy (non-hydrogen) atoms. The van der Waals surface area contributed by atoms with Gasteiger partial charge in [-0.05, 0) is 136 Å². The van der Waals surface area contributed by atoms with E-state index >= 15 is 0 Å². The number of Topliss-reactive ketones (excluding diaryl/α,β-unsaturated/α-hetero) is 2. The Bertz CT molecular complexity index is 1580. The number of aliphatic hydroxyl groups excluding tert-OH is 2. The third kappa shape index (κ3) is 6.13. The maximum absolute atomic E-state index is 13.8. The molecule has 0 unspecified atom stereocenters. The Hall–Kier alpha value is -0.690. The minimum absolute atomic E-state index is 0. The number of allylic oxidation sites excluding steroid dienone is 2. The van der Waals surface area contributed by atoms with E-state index in [1.807, 2.05) is 13.8 Å². The summed E-state index contributed by atoms with van der Waals surface area (Å²) in [6.45, 7) is 6.65. The topological polar surface area (TPSA) is 191 Å². The zero-order valence-corrected chi connectivity index (χ0v) is 36.1. The summed E-state index contributed by atoms with van der Waals surface area (Å²) in [6, 6.07) is 0. The molecule has 11 nitrogen and oxygen atoms in total. The van der Waals surface area contributed by atoms with Gasteiger partial charge in [-0.3, -0.25) is 19.2 Å². The van der Waals surface area contributed by atoms with Crippen LogP contribution in [-0.2, 0) is 28.2 Å². The molecular weight excluding hydrogens is 734 g/mol. The molecule has 8 aliphatic carbocycles. The Labute approximate surface area is 347 Å². The van der Waals surface area contributed by atoms with Gasteiger partial charge in [-0.25, -0.2) is 0 Å². The van der Waals surface area contributed by atoms with E-state index in [0.29, 0.717) is 38.5 Å². The van der Waals surface area contributed by atoms with Crippen LogP contribution in [0.25, 0.3) is 0 Å². The van der Waals surface area contributed by atoms with Crippen LogP contribution in [0.15, 0.2) is 23.3 Å². The fourth-order valence-corrected chi connectivity index (χ4v) is 15.3. The summed E-state index contributed by atoms with van der Waals surface area (Å²) in [5.74, 6) is -1.03. The normalized spacial score (nSPS) is 49.1. The van der Waals surface area contributed by atoms with Gasteiger partial charge in [-0.15, -0.1) is 0 Å². The van der Waals surface area contributed by atoms with Gasteiger partial charge in [-0.2, -0.15) is 0 Å². The molecule has 0 aromatic heterocycles. The summed E-state index contributed by atoms with van der Waals surface area (Å²) in [6.07, 6.45) is 9.38. The fourth-order valence-electron chi connectivity index (χ4n) is 14.8. The van der Waals surface area contributed by atoms with Gasteiger partial charge < -0.3 is 34.4 Å². The molecule has 14 atom stereocenters. The summed E-state index contributed by atoms with van der Waals surface area (Å²) < 4.78 is 10.7. The first-order chi connectivity index (χ1) is 25.3. The molecule has 0 aromatic rings. The molecule has 8 aliphatic rings. The van der Waals surface area contributed by atoms with Gasteiger partial charge in [0, 0.05) is 23.7 Å². The number of hydrogen-bond donors (Lipinski definition) is 4. The van der Waals surface area contributed by atoms with E-state index in [1.165, 1.54) is 0 Å². The van der Waals surface area contributed by atoms with E-state index in [0.717, 1.165) is 36.8 Å². The number of hydrogen-bond acceptors (Lipinski definition) is 11. The smallest absolute Gasteiger partial charge is 0.786 e. The number of rotatable bonds is 8. The van der Waals surface area contributed by atoms with Crippen LogP contribution in [0.4, 0.5) is 0 Å². The molecule has 0 amide bonds. The zero-order valence-electron chi connectivity index (χ0n) is 33.2. The first-order valence-electron chi connectivity index (χ1n) is 20.4. The van der Waals surface area contributed by atoms with Crippen LogP contribution in [0.5, 0.6) is 0 Å². The zero-order chi connectivity index (χ0) is 38.8. The Morgan fingerprint density at radius 3 is 1.45 bits per heavy atom. The van der Waals surface area contributed by atoms with Crippen LogP contribution in [0.3, 0.4) is 0 Å². The first kappa shape index (κ1) is 42.4. The van der Waals surface area contributed by atoms with Crippen molar-refractivity contribution in [1.29, 1.82) is 0 Å². The van der Waals surface area contributed by atoms with Crippen LogP contribution < -0.4 is 34.5 Å². The van der Waals surface area contributed by atoms with Crippen molar-refractivity contribution in [3.8, 4) is 0 Å². The van der Waals surface area contributed by atoms with E-state index in [-0.39, 0.29) is 113 Å². The fraction of sp³-hybridized carbons (Fsp3) is 0.810. The Morgan fingerprint density at radius 1 is 0.691 bits per heavy atom. The summed E-state index contributed by atoms with van der Waals surface area (Å²) in [7, 11) is -2.95. The summed E-state index contributed by atoms with van der Waals surface area (Å²) in [5, 5.41) is 47.4. The molecule has 0 aromatic carbocycles. The van der Waals surface area contributed by atoms with Gasteiger partial charge in [0.2, 0.25) is 0 Å². The van der Waals surface area contributed by atoms with Crippen molar-refractivity contribution in [2.75, 3.05) is 13.2 Å². The molecule has 0 spiro atoms. The van der Waals surface area contributed by atoms with Gasteiger partial charge in [0.25, 0.3) is 0 Å². The number of fused-ring (bicyclic) bond motifs is 10. The van der Waals surface area contributed by atoms with E-state index in [2.05, 4.69) is 13.8 Å². The average molecular weight is 793 g/mol. The third-order valence-electron chi connectivity index (χ3n) is 17.6. The second kappa shape index (κ2) is 14.5. The summed E-state index contributed by atoms with van der Waals surface area (Å²) >= 11 is 0. The maximum Gasteiger partial charge on any atom is 1.00 e. The molecule has 0 bridgehead atoms. The van der Waals surface area contributed by atoms with E-state index < -0.39 is 67.6 Å². The van der Waals surface area contributed by atoms with E-state index in [9.17, 15) is 44.5 Å². The van der Waals surface area contributed by atoms with Crippen molar-refractivity contribution in [2.24, 2.45) is 57.2 Å². The summed E-state index contributed by atoms with van der Waals surface area (Å²) in [4.78, 5) is 64.9. The average Bonchev–Trinajstić information content (AvgIpc) is 3.55. The Morgan fingerprint density at radius 2 is 1.07 bits per heavy atom. The molecule has 13 heteroatoms. The van der Waals surface area contributed by atoms with Crippen LogP contribution in [0.2, 0.25) is 0 Å². The second-order valence-electron chi connectivity index (χ2n) is 19.6. The SMILES string of the molecule is C[C@]12CCC(=O)C=C1CC[C@@H]1[C@@H]2[C@@H](O)C[C@@]2(C)[C@H]1CC[C@]2(O)C(=O)COP([O-])OCC(=O)[C@@]1(O)CC[C@H]2[C@@H]3CCC4=CC(=O)CC[C@]4(C)[C@H]3[C@@H](O)C[C@@]21C.[Na+]. The minimum Gasteiger partial charge on any atom is -0.786 e. The maximum atomic E-state index is 13.8. The van der Waals surface area contributed by atoms with Crippen LogP contribution in [0.1, 0.15) is 118 Å². The number of aliphatic hydroxyl groups is 4. The van der Waals surface area contributed by atoms with Crippen molar-refractivity contribution in [1.82, 2.24) is 0 Å². The molecular formula is C42H58NaO11P. The predicted molar refractivity (Wildman–Crippen MR) is 195 cm³/mol. The Kier molecular flexibility index (Phi) is 11.2. The molecule has 8 rings (SSSR count). The summed E-state index contributed by atoms with van der Waals surface area (Å²) in [5.41, 5.74) is -3.85. The van der Waals surface area contributed by atoms with E-state index in [4.69, 9.17) is 9.05 Å². The monoisotopic (exact) mass is 792 g/mol. The number of carbonyl (C=O) groups excluding carboxylic acids is 4. The van der Waals surface area contributed by atoms with Gasteiger partial charge in [-0.1, -0.05) is 38.8 Å². The van der Waals surface area contributed by atoms with Gasteiger partial charge in [0.1, 0.15) is 24.4 Å². The number of ketones is 4. The van der Waals surface area contributed by atoms with Crippen molar-refractivity contribution in [3.63, 3.8) is 0 Å². The van der Waals surface area contributed by atoms with Crippen LogP contribution in [-0.4, -0.2) is 80.2 Å². The molecule has 0 heterocycles. The second-order valence-corrected chi connectivity index (χ2v) is 20.5. The standard InChI is InChI=1S/C42H58O11P.Na/c1-37-13-9-25(43)17-23(37)5-7-27-29-11-15-41(49,39(29,3)19-31(45)35(27)37)33(47)21-52-54(51)53-22-34(48)42(50)16-12-30-28-8-6-24-18-26(44)10-14-38(24,2)36(28)32(46)20-40(30,42)4;/h17-18,27-32,35-36,45-46,49-50H,5-16,19-22H2,1-4H3;/q-1;+1/t27-,28-,29-,30-,31-,32-,35+,36+,37-,38-,39-,40-,41-,42-;/m0./s1. The van der Waals surface area contributed by atoms with Crippen LogP contribution >= 0.6 is 8.60 Å². The van der Waals surface area contributed by atoms with Gasteiger partial charge in [0.15, 0.2) is 23.1 Å². The minimum atomic E-state index is -2.95. The third-order valence-corrected chi connectivity index (χ3v) is 18.3. The van der Waals surface area contributed by atoms with Gasteiger partial charge in [0.05, 0.1) is 20.8 Å². The molecule has 298 valence electrons. The largest absolute Gasteiger partial charge is 1.00 e. The van der Waals surface area contributed by atoms with Crippen molar-refractivity contribution >= 4 is 31.7 Å². The van der Waals surface area contributed by atoms with Gasteiger partial charge >= 0.3 is 29.6 Å². The van der Waals surface area contributed by atoms with Crippen LogP contribution in [0, 0.1) is 57.2 Å². The van der Waals surface area contributed by atoms with E-state index in [1.54, 1.807) is 12.2 Å². The quantitative estimate of drug-likeness (QED) is 0.204. The Balaban J connectivity index is 0.00000465. The molecule has 4 N–H and O–H groups in total. The van der Waals surface area contributed by atoms with Crippen molar-refractivity contribution < 1.29 is 83.1 Å². The molecule has 0 radical (unpaired) electrons.